The molecule has 0 aliphatic heterocycles. The first-order valence-corrected chi connectivity index (χ1v) is 7.55. The minimum atomic E-state index is -2.93. The number of benzene rings is 1. The summed E-state index contributed by atoms with van der Waals surface area (Å²) in [5, 5.41) is 0. The van der Waals surface area contributed by atoms with Crippen molar-refractivity contribution in [3.8, 4) is 0 Å². The second-order valence-corrected chi connectivity index (χ2v) is 6.65. The standard InChI is InChI=1S/C12H18FNO2S/c1-9-8-10(5-6-11(9)13)12(14)4-3-7-17(2,15)16/h5-6,8,12H,3-4,7,14H2,1-2H3. The summed E-state index contributed by atoms with van der Waals surface area (Å²) in [6.07, 6.45) is 2.31. The third kappa shape index (κ3) is 4.83. The fraction of sp³-hybridized carbons (Fsp3) is 0.500. The van der Waals surface area contributed by atoms with Gasteiger partial charge in [-0.15, -0.1) is 0 Å². The molecule has 1 aromatic carbocycles. The van der Waals surface area contributed by atoms with E-state index in [1.165, 1.54) is 12.3 Å². The van der Waals surface area contributed by atoms with E-state index in [0.29, 0.717) is 18.4 Å². The third-order valence-corrected chi connectivity index (χ3v) is 3.67. The zero-order chi connectivity index (χ0) is 13.1. The van der Waals surface area contributed by atoms with Gasteiger partial charge in [0.15, 0.2) is 0 Å². The molecule has 0 saturated carbocycles. The molecule has 0 spiro atoms. The molecule has 0 saturated heterocycles. The molecule has 0 heterocycles. The minimum absolute atomic E-state index is 0.140. The number of rotatable bonds is 5. The smallest absolute Gasteiger partial charge is 0.147 e. The number of hydrogen-bond donors (Lipinski definition) is 1. The zero-order valence-corrected chi connectivity index (χ0v) is 10.9. The van der Waals surface area contributed by atoms with Crippen LogP contribution >= 0.6 is 0 Å². The average molecular weight is 259 g/mol. The summed E-state index contributed by atoms with van der Waals surface area (Å²) in [5.74, 6) is -0.113. The molecule has 0 aliphatic carbocycles. The normalized spacial score (nSPS) is 13.6. The molecule has 1 aromatic rings. The van der Waals surface area contributed by atoms with Crippen molar-refractivity contribution >= 4 is 9.84 Å². The highest BCUT2D eigenvalue weighted by Gasteiger charge is 2.09. The van der Waals surface area contributed by atoms with Gasteiger partial charge >= 0.3 is 0 Å². The Morgan fingerprint density at radius 1 is 1.41 bits per heavy atom. The van der Waals surface area contributed by atoms with E-state index in [2.05, 4.69) is 0 Å². The second-order valence-electron chi connectivity index (χ2n) is 4.39. The summed E-state index contributed by atoms with van der Waals surface area (Å²) >= 11 is 0. The van der Waals surface area contributed by atoms with Crippen LogP contribution < -0.4 is 5.73 Å². The van der Waals surface area contributed by atoms with Gasteiger partial charge in [-0.1, -0.05) is 12.1 Å². The van der Waals surface area contributed by atoms with Gasteiger partial charge in [0, 0.05) is 18.1 Å². The summed E-state index contributed by atoms with van der Waals surface area (Å²) in [5.41, 5.74) is 7.33. The Kier molecular flexibility index (Phi) is 4.65. The van der Waals surface area contributed by atoms with Crippen molar-refractivity contribution in [1.82, 2.24) is 0 Å². The number of aryl methyl sites for hydroxylation is 1. The van der Waals surface area contributed by atoms with Crippen LogP contribution in [0.1, 0.15) is 30.0 Å². The van der Waals surface area contributed by atoms with Gasteiger partial charge in [-0.3, -0.25) is 0 Å². The quantitative estimate of drug-likeness (QED) is 0.879. The van der Waals surface area contributed by atoms with Crippen LogP contribution in [0.3, 0.4) is 0 Å². The number of hydrogen-bond acceptors (Lipinski definition) is 3. The van der Waals surface area contributed by atoms with Crippen LogP contribution in [0.2, 0.25) is 0 Å². The Balaban J connectivity index is 2.58. The lowest BCUT2D eigenvalue weighted by molar-refractivity contribution is 0.586. The fourth-order valence-electron chi connectivity index (χ4n) is 1.63. The Morgan fingerprint density at radius 2 is 2.06 bits per heavy atom. The van der Waals surface area contributed by atoms with Crippen molar-refractivity contribution in [2.45, 2.75) is 25.8 Å². The van der Waals surface area contributed by atoms with Crippen molar-refractivity contribution in [2.24, 2.45) is 5.73 Å². The summed E-state index contributed by atoms with van der Waals surface area (Å²) in [4.78, 5) is 0. The number of sulfone groups is 1. The maximum Gasteiger partial charge on any atom is 0.147 e. The Bertz CT molecular complexity index is 485. The molecule has 17 heavy (non-hydrogen) atoms. The van der Waals surface area contributed by atoms with Crippen molar-refractivity contribution in [1.29, 1.82) is 0 Å². The lowest BCUT2D eigenvalue weighted by Gasteiger charge is -2.12. The average Bonchev–Trinajstić information content (AvgIpc) is 2.20. The highest BCUT2D eigenvalue weighted by atomic mass is 32.2. The highest BCUT2D eigenvalue weighted by molar-refractivity contribution is 7.90. The molecule has 3 nitrogen and oxygen atoms in total. The van der Waals surface area contributed by atoms with Gasteiger partial charge in [0.2, 0.25) is 0 Å². The second kappa shape index (κ2) is 5.60. The molecule has 1 rings (SSSR count). The molecule has 5 heteroatoms. The van der Waals surface area contributed by atoms with E-state index in [1.807, 2.05) is 0 Å². The molecule has 1 unspecified atom stereocenters. The van der Waals surface area contributed by atoms with Gasteiger partial charge in [0.25, 0.3) is 0 Å². The van der Waals surface area contributed by atoms with Crippen molar-refractivity contribution < 1.29 is 12.8 Å². The molecule has 0 fully saturated rings. The molecule has 0 aromatic heterocycles. The lowest BCUT2D eigenvalue weighted by atomic mass is 10.0. The van der Waals surface area contributed by atoms with Gasteiger partial charge in [0.1, 0.15) is 15.7 Å². The van der Waals surface area contributed by atoms with Crippen molar-refractivity contribution in [3.63, 3.8) is 0 Å². The van der Waals surface area contributed by atoms with Gasteiger partial charge in [-0.25, -0.2) is 12.8 Å². The summed E-state index contributed by atoms with van der Waals surface area (Å²) < 4.78 is 35.0. The van der Waals surface area contributed by atoms with Crippen LogP contribution in [-0.2, 0) is 9.84 Å². The Labute approximate surface area is 102 Å². The monoisotopic (exact) mass is 259 g/mol. The largest absolute Gasteiger partial charge is 0.324 e. The topological polar surface area (TPSA) is 60.2 Å². The molecule has 1 atom stereocenters. The number of nitrogens with two attached hydrogens (primary N) is 1. The van der Waals surface area contributed by atoms with Gasteiger partial charge in [0.05, 0.1) is 0 Å². The van der Waals surface area contributed by atoms with Crippen LogP contribution in [0, 0.1) is 12.7 Å². The molecule has 0 aliphatic rings. The van der Waals surface area contributed by atoms with Crippen molar-refractivity contribution in [3.05, 3.63) is 35.1 Å². The Morgan fingerprint density at radius 3 is 2.59 bits per heavy atom. The summed E-state index contributed by atoms with van der Waals surface area (Å²) in [6, 6.07) is 4.51. The van der Waals surface area contributed by atoms with E-state index in [1.54, 1.807) is 19.1 Å². The lowest BCUT2D eigenvalue weighted by Crippen LogP contribution is -2.13. The molecular formula is C12H18FNO2S. The summed E-state index contributed by atoms with van der Waals surface area (Å²) in [6.45, 7) is 1.68. The molecule has 2 N–H and O–H groups in total. The highest BCUT2D eigenvalue weighted by Crippen LogP contribution is 2.18. The van der Waals surface area contributed by atoms with E-state index in [0.717, 1.165) is 5.56 Å². The van der Waals surface area contributed by atoms with E-state index in [-0.39, 0.29) is 17.6 Å². The van der Waals surface area contributed by atoms with Crippen LogP contribution in [0.15, 0.2) is 18.2 Å². The van der Waals surface area contributed by atoms with E-state index in [4.69, 9.17) is 5.73 Å². The third-order valence-electron chi connectivity index (χ3n) is 2.64. The van der Waals surface area contributed by atoms with Crippen LogP contribution in [0.5, 0.6) is 0 Å². The van der Waals surface area contributed by atoms with Crippen molar-refractivity contribution in [2.75, 3.05) is 12.0 Å². The first-order valence-electron chi connectivity index (χ1n) is 5.49. The molecule has 0 bridgehead atoms. The van der Waals surface area contributed by atoms with E-state index in [9.17, 15) is 12.8 Å². The molecular weight excluding hydrogens is 241 g/mol. The van der Waals surface area contributed by atoms with Gasteiger partial charge < -0.3 is 5.73 Å². The van der Waals surface area contributed by atoms with Crippen LogP contribution in [0.4, 0.5) is 4.39 Å². The minimum Gasteiger partial charge on any atom is -0.324 e. The van der Waals surface area contributed by atoms with Crippen LogP contribution in [-0.4, -0.2) is 20.4 Å². The molecule has 96 valence electrons. The predicted molar refractivity (Wildman–Crippen MR) is 67.0 cm³/mol. The molecule has 0 amide bonds. The van der Waals surface area contributed by atoms with E-state index >= 15 is 0 Å². The Hall–Kier alpha value is -0.940. The van der Waals surface area contributed by atoms with Gasteiger partial charge in [-0.05, 0) is 37.0 Å². The maximum absolute atomic E-state index is 13.1. The number of halogens is 1. The fourth-order valence-corrected chi connectivity index (χ4v) is 2.32. The van der Waals surface area contributed by atoms with Gasteiger partial charge in [-0.2, -0.15) is 0 Å². The SMILES string of the molecule is Cc1cc(C(N)CCCS(C)(=O)=O)ccc1F. The van der Waals surface area contributed by atoms with E-state index < -0.39 is 9.84 Å². The first-order chi connectivity index (χ1) is 7.79. The zero-order valence-electron chi connectivity index (χ0n) is 10.1. The predicted octanol–water partition coefficient (Wildman–Crippen LogP) is 1.96. The molecule has 0 radical (unpaired) electrons. The summed E-state index contributed by atoms with van der Waals surface area (Å²) in [7, 11) is -2.93. The first kappa shape index (κ1) is 14.1. The maximum atomic E-state index is 13.1. The van der Waals surface area contributed by atoms with Crippen LogP contribution in [0.25, 0.3) is 0 Å².